The summed E-state index contributed by atoms with van der Waals surface area (Å²) in [5.41, 5.74) is -0.122. The zero-order chi connectivity index (χ0) is 11.4. The van der Waals surface area contributed by atoms with Crippen molar-refractivity contribution in [1.29, 1.82) is 0 Å². The molecule has 0 heterocycles. The molecule has 0 fully saturated rings. The molecule has 0 radical (unpaired) electrons. The van der Waals surface area contributed by atoms with Crippen molar-refractivity contribution in [3.8, 4) is 0 Å². The monoisotopic (exact) mass is 200 g/mol. The maximum absolute atomic E-state index is 11.3. The van der Waals surface area contributed by atoms with Crippen molar-refractivity contribution in [1.82, 2.24) is 0 Å². The molecule has 0 aliphatic carbocycles. The fraction of sp³-hybridized carbons (Fsp3) is 0.818. The number of carboxylic acid groups (broad SMARTS) is 1. The van der Waals surface area contributed by atoms with Gasteiger partial charge in [0.1, 0.15) is 5.78 Å². The van der Waals surface area contributed by atoms with Crippen LogP contribution in [0.25, 0.3) is 0 Å². The molecule has 0 aliphatic rings. The molecule has 0 aromatic heterocycles. The minimum Gasteiger partial charge on any atom is -0.481 e. The first-order valence-corrected chi connectivity index (χ1v) is 5.00. The summed E-state index contributed by atoms with van der Waals surface area (Å²) in [6.07, 6.45) is 0.952. The zero-order valence-electron chi connectivity index (χ0n) is 9.46. The predicted molar refractivity (Wildman–Crippen MR) is 55.1 cm³/mol. The molecule has 0 rings (SSSR count). The molecule has 1 N–H and O–H groups in total. The molecule has 3 heteroatoms. The molecule has 3 nitrogen and oxygen atoms in total. The lowest BCUT2D eigenvalue weighted by molar-refractivity contribution is -0.139. The lowest BCUT2D eigenvalue weighted by Crippen LogP contribution is -2.25. The Balaban J connectivity index is 4.41. The van der Waals surface area contributed by atoms with Crippen LogP contribution in [0.5, 0.6) is 0 Å². The second-order valence-corrected chi connectivity index (χ2v) is 4.76. The summed E-state index contributed by atoms with van der Waals surface area (Å²) in [5, 5.41) is 8.72. The Bertz CT molecular complexity index is 213. The molecule has 0 aromatic rings. The molecule has 0 aromatic carbocycles. The van der Waals surface area contributed by atoms with E-state index in [2.05, 4.69) is 0 Å². The number of carbonyl (C=O) groups excluding carboxylic acids is 1. The van der Waals surface area contributed by atoms with Crippen molar-refractivity contribution < 1.29 is 14.7 Å². The van der Waals surface area contributed by atoms with Crippen molar-refractivity contribution in [3.63, 3.8) is 0 Å². The summed E-state index contributed by atoms with van der Waals surface area (Å²) >= 11 is 0. The smallest absolute Gasteiger partial charge is 0.303 e. The van der Waals surface area contributed by atoms with Gasteiger partial charge in [-0.05, 0) is 11.3 Å². The first-order valence-electron chi connectivity index (χ1n) is 5.00. The summed E-state index contributed by atoms with van der Waals surface area (Å²) in [6, 6.07) is 0. The molecule has 0 spiro atoms. The van der Waals surface area contributed by atoms with Gasteiger partial charge in [-0.25, -0.2) is 0 Å². The standard InChI is InChI=1S/C11H20O3/c1-5-9(12)6-8(7-10(13)14)11(2,3)4/h8H,5-7H2,1-4H3,(H,13,14). The topological polar surface area (TPSA) is 54.4 Å². The largest absolute Gasteiger partial charge is 0.481 e. The summed E-state index contributed by atoms with van der Waals surface area (Å²) in [5.74, 6) is -0.743. The van der Waals surface area contributed by atoms with Gasteiger partial charge in [0.2, 0.25) is 0 Å². The van der Waals surface area contributed by atoms with Crippen LogP contribution < -0.4 is 0 Å². The molecule has 0 aliphatic heterocycles. The van der Waals surface area contributed by atoms with Gasteiger partial charge in [-0.2, -0.15) is 0 Å². The normalized spacial score (nSPS) is 13.7. The average Bonchev–Trinajstić information content (AvgIpc) is 2.00. The van der Waals surface area contributed by atoms with Crippen LogP contribution in [0.15, 0.2) is 0 Å². The molecule has 0 bridgehead atoms. The Morgan fingerprint density at radius 3 is 2.00 bits per heavy atom. The van der Waals surface area contributed by atoms with E-state index in [0.717, 1.165) is 0 Å². The Labute approximate surface area is 85.5 Å². The SMILES string of the molecule is CCC(=O)CC(CC(=O)O)C(C)(C)C. The molecule has 1 atom stereocenters. The van der Waals surface area contributed by atoms with E-state index in [1.54, 1.807) is 0 Å². The third-order valence-electron chi connectivity index (χ3n) is 2.51. The van der Waals surface area contributed by atoms with Gasteiger partial charge in [0.05, 0.1) is 0 Å². The summed E-state index contributed by atoms with van der Waals surface area (Å²) in [4.78, 5) is 21.9. The second kappa shape index (κ2) is 5.13. The summed E-state index contributed by atoms with van der Waals surface area (Å²) in [6.45, 7) is 7.74. The van der Waals surface area contributed by atoms with Gasteiger partial charge in [0, 0.05) is 19.3 Å². The van der Waals surface area contributed by atoms with Crippen molar-refractivity contribution >= 4 is 11.8 Å². The van der Waals surface area contributed by atoms with E-state index in [9.17, 15) is 9.59 Å². The predicted octanol–water partition coefficient (Wildman–Crippen LogP) is 2.49. The van der Waals surface area contributed by atoms with Crippen molar-refractivity contribution in [2.75, 3.05) is 0 Å². The van der Waals surface area contributed by atoms with Gasteiger partial charge in [-0.3, -0.25) is 9.59 Å². The van der Waals surface area contributed by atoms with Crippen LogP contribution in [0.4, 0.5) is 0 Å². The maximum atomic E-state index is 11.3. The van der Waals surface area contributed by atoms with Gasteiger partial charge in [-0.1, -0.05) is 27.7 Å². The van der Waals surface area contributed by atoms with E-state index in [1.165, 1.54) is 0 Å². The van der Waals surface area contributed by atoms with Gasteiger partial charge < -0.3 is 5.11 Å². The quantitative estimate of drug-likeness (QED) is 0.741. The number of carboxylic acids is 1. The average molecular weight is 200 g/mol. The third-order valence-corrected chi connectivity index (χ3v) is 2.51. The highest BCUT2D eigenvalue weighted by Gasteiger charge is 2.28. The molecule has 82 valence electrons. The number of carbonyl (C=O) groups is 2. The molecule has 1 unspecified atom stereocenters. The molecule has 0 saturated carbocycles. The Hall–Kier alpha value is -0.860. The highest BCUT2D eigenvalue weighted by molar-refractivity contribution is 5.79. The zero-order valence-corrected chi connectivity index (χ0v) is 9.46. The number of aliphatic carboxylic acids is 1. The number of ketones is 1. The minimum atomic E-state index is -0.825. The van der Waals surface area contributed by atoms with E-state index < -0.39 is 5.97 Å². The summed E-state index contributed by atoms with van der Waals surface area (Å²) in [7, 11) is 0. The van der Waals surface area contributed by atoms with E-state index >= 15 is 0 Å². The lowest BCUT2D eigenvalue weighted by Gasteiger charge is -2.28. The molecule has 0 saturated heterocycles. The first-order chi connectivity index (χ1) is 6.27. The highest BCUT2D eigenvalue weighted by atomic mass is 16.4. The number of Topliss-reactive ketones (excluding diaryl/α,β-unsaturated/α-hetero) is 1. The van der Waals surface area contributed by atoms with Crippen LogP contribution in [0.2, 0.25) is 0 Å². The van der Waals surface area contributed by atoms with Crippen LogP contribution >= 0.6 is 0 Å². The van der Waals surface area contributed by atoms with E-state index in [0.29, 0.717) is 12.8 Å². The van der Waals surface area contributed by atoms with E-state index in [-0.39, 0.29) is 23.5 Å². The Kier molecular flexibility index (Phi) is 4.81. The van der Waals surface area contributed by atoms with Crippen LogP contribution in [0.1, 0.15) is 47.0 Å². The highest BCUT2D eigenvalue weighted by Crippen LogP contribution is 2.31. The van der Waals surface area contributed by atoms with Crippen LogP contribution in [0, 0.1) is 11.3 Å². The van der Waals surface area contributed by atoms with Gasteiger partial charge >= 0.3 is 5.97 Å². The number of hydrogen-bond donors (Lipinski definition) is 1. The molecular formula is C11H20O3. The third kappa shape index (κ3) is 5.00. The second-order valence-electron chi connectivity index (χ2n) is 4.76. The van der Waals surface area contributed by atoms with Gasteiger partial charge in [-0.15, -0.1) is 0 Å². The summed E-state index contributed by atoms with van der Waals surface area (Å²) < 4.78 is 0. The van der Waals surface area contributed by atoms with Crippen LogP contribution in [-0.4, -0.2) is 16.9 Å². The lowest BCUT2D eigenvalue weighted by atomic mass is 9.76. The minimum absolute atomic E-state index is 0.0625. The molecule has 0 amide bonds. The van der Waals surface area contributed by atoms with Crippen LogP contribution in [-0.2, 0) is 9.59 Å². The first kappa shape index (κ1) is 13.1. The Morgan fingerprint density at radius 1 is 1.21 bits per heavy atom. The van der Waals surface area contributed by atoms with Crippen molar-refractivity contribution in [2.45, 2.75) is 47.0 Å². The van der Waals surface area contributed by atoms with Crippen LogP contribution in [0.3, 0.4) is 0 Å². The molecular weight excluding hydrogens is 180 g/mol. The fourth-order valence-corrected chi connectivity index (χ4v) is 1.31. The van der Waals surface area contributed by atoms with Gasteiger partial charge in [0.15, 0.2) is 0 Å². The van der Waals surface area contributed by atoms with Crippen molar-refractivity contribution in [3.05, 3.63) is 0 Å². The fourth-order valence-electron chi connectivity index (χ4n) is 1.31. The molecule has 14 heavy (non-hydrogen) atoms. The van der Waals surface area contributed by atoms with Gasteiger partial charge in [0.25, 0.3) is 0 Å². The number of rotatable bonds is 5. The number of hydrogen-bond acceptors (Lipinski definition) is 2. The van der Waals surface area contributed by atoms with Crippen molar-refractivity contribution in [2.24, 2.45) is 11.3 Å². The maximum Gasteiger partial charge on any atom is 0.303 e. The van der Waals surface area contributed by atoms with E-state index in [1.807, 2.05) is 27.7 Å². The van der Waals surface area contributed by atoms with E-state index in [4.69, 9.17) is 5.11 Å². The Morgan fingerprint density at radius 2 is 1.71 bits per heavy atom.